The van der Waals surface area contributed by atoms with Crippen LogP contribution in [0.15, 0.2) is 36.5 Å². The topological polar surface area (TPSA) is 126 Å². The first kappa shape index (κ1) is 36.0. The number of hydrogen-bond acceptors (Lipinski definition) is 6. The van der Waals surface area contributed by atoms with Gasteiger partial charge in [0.1, 0.15) is 24.2 Å². The van der Waals surface area contributed by atoms with Gasteiger partial charge in [-0.3, -0.25) is 14.3 Å². The molecular weight excluding hydrogens is 621 g/mol. The molecule has 1 aromatic carbocycles. The molecular formula is C34H52N6O4S2. The van der Waals surface area contributed by atoms with Crippen LogP contribution in [0.1, 0.15) is 60.9 Å². The van der Waals surface area contributed by atoms with Gasteiger partial charge in [-0.15, -0.1) is 0 Å². The Morgan fingerprint density at radius 3 is 2.43 bits per heavy atom. The Labute approximate surface area is 278 Å². The van der Waals surface area contributed by atoms with Crippen LogP contribution in [-0.4, -0.2) is 85.1 Å². The van der Waals surface area contributed by atoms with Crippen molar-refractivity contribution in [2.45, 2.75) is 72.2 Å². The Kier molecular flexibility index (Phi) is 12.8. The minimum Gasteiger partial charge on any atom is -0.617 e. The molecule has 0 spiro atoms. The van der Waals surface area contributed by atoms with Crippen molar-refractivity contribution in [3.8, 4) is 11.1 Å². The van der Waals surface area contributed by atoms with Crippen molar-refractivity contribution in [2.24, 2.45) is 11.8 Å². The summed E-state index contributed by atoms with van der Waals surface area (Å²) in [6.07, 6.45) is 14.6. The molecule has 0 bridgehead atoms. The molecule has 1 aliphatic rings. The van der Waals surface area contributed by atoms with E-state index in [1.54, 1.807) is 23.2 Å². The van der Waals surface area contributed by atoms with E-state index in [1.807, 2.05) is 35.9 Å². The van der Waals surface area contributed by atoms with Crippen molar-refractivity contribution in [1.29, 1.82) is 0 Å². The number of ether oxygens (including phenoxy) is 1. The van der Waals surface area contributed by atoms with E-state index in [0.717, 1.165) is 54.0 Å². The highest BCUT2D eigenvalue weighted by molar-refractivity contribution is 8.32. The number of rotatable bonds is 15. The molecule has 2 heterocycles. The van der Waals surface area contributed by atoms with Crippen LogP contribution < -0.4 is 10.6 Å². The Hall–Kier alpha value is -2.80. The van der Waals surface area contributed by atoms with Crippen molar-refractivity contribution in [3.05, 3.63) is 53.6 Å². The maximum atomic E-state index is 13.8. The molecule has 12 heteroatoms. The minimum absolute atomic E-state index is 0.0430. The normalized spacial score (nSPS) is 18.6. The summed E-state index contributed by atoms with van der Waals surface area (Å²) >= 11 is -0.907. The van der Waals surface area contributed by atoms with Crippen LogP contribution >= 0.6 is 10.0 Å². The first-order chi connectivity index (χ1) is 21.8. The number of aromatic nitrogens is 4. The molecule has 2 atom stereocenters. The summed E-state index contributed by atoms with van der Waals surface area (Å²) in [4.78, 5) is 27.2. The van der Waals surface area contributed by atoms with Crippen LogP contribution in [0.3, 0.4) is 0 Å². The average molecular weight is 673 g/mol. The summed E-state index contributed by atoms with van der Waals surface area (Å²) in [5.74, 6) is 1.71. The fourth-order valence-electron chi connectivity index (χ4n) is 5.99. The third-order valence-corrected chi connectivity index (χ3v) is 11.0. The van der Waals surface area contributed by atoms with Gasteiger partial charge in [-0.25, -0.2) is 14.7 Å². The first-order valence-corrected chi connectivity index (χ1v) is 20.9. The second-order valence-corrected chi connectivity index (χ2v) is 19.6. The highest BCUT2D eigenvalue weighted by atomic mass is 32.3. The lowest BCUT2D eigenvalue weighted by Crippen LogP contribution is -2.49. The number of nitrogens with zero attached hydrogens (tertiary/aromatic N) is 4. The SMILES string of the molecule is Cc1nn(COCCS(C)(C)C)c(C)c1-c1ccc(NC(=O)C(NC(=O)c2ccnn2CCC[S+](C)[O-])[C@H]2CC[C@H](C)CC2)cc1. The summed E-state index contributed by atoms with van der Waals surface area (Å²) in [7, 11) is -0.603. The van der Waals surface area contributed by atoms with E-state index >= 15 is 0 Å². The van der Waals surface area contributed by atoms with Gasteiger partial charge in [-0.2, -0.15) is 10.2 Å². The minimum atomic E-state index is -0.907. The molecule has 2 aromatic heterocycles. The molecule has 2 unspecified atom stereocenters. The van der Waals surface area contributed by atoms with E-state index in [2.05, 4.69) is 48.3 Å². The van der Waals surface area contributed by atoms with Gasteiger partial charge in [0, 0.05) is 41.9 Å². The molecule has 46 heavy (non-hydrogen) atoms. The summed E-state index contributed by atoms with van der Waals surface area (Å²) in [6, 6.07) is 8.80. The number of anilines is 1. The third kappa shape index (κ3) is 10.1. The molecule has 0 aliphatic heterocycles. The van der Waals surface area contributed by atoms with Gasteiger partial charge in [0.25, 0.3) is 5.91 Å². The van der Waals surface area contributed by atoms with Crippen molar-refractivity contribution in [1.82, 2.24) is 24.9 Å². The van der Waals surface area contributed by atoms with Crippen LogP contribution in [0.2, 0.25) is 0 Å². The summed E-state index contributed by atoms with van der Waals surface area (Å²) in [5, 5.41) is 15.1. The Bertz CT molecular complexity index is 1440. The lowest BCUT2D eigenvalue weighted by molar-refractivity contribution is -0.119. The monoisotopic (exact) mass is 672 g/mol. The van der Waals surface area contributed by atoms with Crippen LogP contribution in [0.25, 0.3) is 11.1 Å². The number of hydrogen-bond donors (Lipinski definition) is 2. The number of nitrogens with one attached hydrogen (secondary N) is 2. The molecule has 1 fully saturated rings. The number of carbonyl (C=O) groups excluding carboxylic acids is 2. The van der Waals surface area contributed by atoms with E-state index in [9.17, 15) is 14.1 Å². The Morgan fingerprint density at radius 2 is 1.78 bits per heavy atom. The Morgan fingerprint density at radius 1 is 1.09 bits per heavy atom. The quantitative estimate of drug-likeness (QED) is 0.165. The summed E-state index contributed by atoms with van der Waals surface area (Å²) < 4.78 is 21.0. The second-order valence-electron chi connectivity index (χ2n) is 13.5. The predicted molar refractivity (Wildman–Crippen MR) is 190 cm³/mol. The fraction of sp³-hybridized carbons (Fsp3) is 0.588. The molecule has 4 rings (SSSR count). The molecule has 3 aromatic rings. The van der Waals surface area contributed by atoms with E-state index in [1.165, 1.54) is 0 Å². The number of amides is 2. The third-order valence-electron chi connectivity index (χ3n) is 8.73. The summed E-state index contributed by atoms with van der Waals surface area (Å²) in [6.45, 7) is 7.92. The van der Waals surface area contributed by atoms with Gasteiger partial charge in [0.05, 0.1) is 18.6 Å². The molecule has 1 aliphatic carbocycles. The summed E-state index contributed by atoms with van der Waals surface area (Å²) in [5.41, 5.74) is 5.12. The first-order valence-electron chi connectivity index (χ1n) is 16.1. The van der Waals surface area contributed by atoms with Gasteiger partial charge in [0.15, 0.2) is 0 Å². The van der Waals surface area contributed by atoms with Crippen LogP contribution in [0, 0.1) is 25.7 Å². The maximum Gasteiger partial charge on any atom is 0.270 e. The van der Waals surface area contributed by atoms with Crippen molar-refractivity contribution in [2.75, 3.05) is 48.5 Å². The predicted octanol–water partition coefficient (Wildman–Crippen LogP) is 5.36. The zero-order valence-electron chi connectivity index (χ0n) is 28.5. The van der Waals surface area contributed by atoms with E-state index < -0.39 is 27.2 Å². The van der Waals surface area contributed by atoms with Crippen LogP contribution in [0.5, 0.6) is 0 Å². The highest BCUT2D eigenvalue weighted by Crippen LogP contribution is 2.34. The maximum absolute atomic E-state index is 13.8. The van der Waals surface area contributed by atoms with Crippen molar-refractivity contribution in [3.63, 3.8) is 0 Å². The average Bonchev–Trinajstić information content (AvgIpc) is 3.57. The standard InChI is InChI=1S/C34H52N6O4S2/c1-24-9-11-28(12-10-24)32(37-33(41)30-17-18-35-39(30)19-8-21-45(4)43)34(42)36-29-15-13-27(14-16-29)31-25(2)38-40(26(31)3)23-44-20-22-46(5,6)7/h13-18,24,28,32H,8-12,19-23H2,1-7H3,(H,36,42)(H,37,41)/t24-,28-,32?,45?. The zero-order valence-corrected chi connectivity index (χ0v) is 30.1. The molecule has 0 saturated heterocycles. The van der Waals surface area contributed by atoms with Gasteiger partial charge in [0.2, 0.25) is 5.91 Å². The van der Waals surface area contributed by atoms with E-state index in [0.29, 0.717) is 49.4 Å². The van der Waals surface area contributed by atoms with Crippen molar-refractivity contribution >= 4 is 38.7 Å². The lowest BCUT2D eigenvalue weighted by atomic mass is 9.79. The van der Waals surface area contributed by atoms with Gasteiger partial charge >= 0.3 is 0 Å². The smallest absolute Gasteiger partial charge is 0.270 e. The molecule has 2 amide bonds. The number of benzene rings is 1. The molecule has 0 radical (unpaired) electrons. The van der Waals surface area contributed by atoms with E-state index in [4.69, 9.17) is 9.84 Å². The van der Waals surface area contributed by atoms with Gasteiger partial charge in [-0.1, -0.05) is 43.1 Å². The molecule has 1 saturated carbocycles. The van der Waals surface area contributed by atoms with Crippen molar-refractivity contribution < 1.29 is 18.9 Å². The largest absolute Gasteiger partial charge is 0.617 e. The molecule has 10 nitrogen and oxygen atoms in total. The second kappa shape index (κ2) is 16.3. The van der Waals surface area contributed by atoms with Crippen LogP contribution in [-0.2, 0) is 34.0 Å². The molecule has 2 N–H and O–H groups in total. The van der Waals surface area contributed by atoms with Crippen LogP contribution in [0.4, 0.5) is 5.69 Å². The van der Waals surface area contributed by atoms with Gasteiger partial charge in [-0.05, 0) is 81.1 Å². The number of carbonyl (C=O) groups is 2. The molecule has 254 valence electrons. The fourth-order valence-corrected chi connectivity index (χ4v) is 7.15. The van der Waals surface area contributed by atoms with Gasteiger partial charge < -0.3 is 19.9 Å². The van der Waals surface area contributed by atoms with E-state index in [-0.39, 0.29) is 17.7 Å². The lowest BCUT2D eigenvalue weighted by Gasteiger charge is -2.32. The highest BCUT2D eigenvalue weighted by Gasteiger charge is 2.33. The zero-order chi connectivity index (χ0) is 33.4. The number of aryl methyl sites for hydroxylation is 2. The Balaban J connectivity index is 1.44.